The fourth-order valence-electron chi connectivity index (χ4n) is 1.88. The summed E-state index contributed by atoms with van der Waals surface area (Å²) in [5.41, 5.74) is 0. The smallest absolute Gasteiger partial charge is 0.318 e. The first kappa shape index (κ1) is 10.7. The number of carbonyl (C=O) groups excluding carboxylic acids is 1. The van der Waals surface area contributed by atoms with Crippen LogP contribution in [0.25, 0.3) is 0 Å². The number of hydrogen-bond acceptors (Lipinski definition) is 3. The molecule has 0 unspecified atom stereocenters. The first-order valence-corrected chi connectivity index (χ1v) is 6.71. The van der Waals surface area contributed by atoms with Crippen LogP contribution in [0, 0.1) is 0 Å². The molecule has 2 heterocycles. The zero-order valence-corrected chi connectivity index (χ0v) is 9.29. The molecule has 0 aliphatic carbocycles. The quantitative estimate of drug-likeness (QED) is 0.707. The van der Waals surface area contributed by atoms with Crippen molar-refractivity contribution in [2.45, 2.75) is 12.8 Å². The van der Waals surface area contributed by atoms with Gasteiger partial charge in [0.25, 0.3) is 0 Å². The van der Waals surface area contributed by atoms with Gasteiger partial charge in [-0.25, -0.2) is 17.5 Å². The third-order valence-corrected chi connectivity index (χ3v) is 4.51. The van der Waals surface area contributed by atoms with Gasteiger partial charge in [0.2, 0.25) is 10.0 Å². The van der Waals surface area contributed by atoms with Gasteiger partial charge in [0.1, 0.15) is 5.88 Å². The van der Waals surface area contributed by atoms with E-state index >= 15 is 0 Å². The van der Waals surface area contributed by atoms with Crippen molar-refractivity contribution in [1.29, 1.82) is 0 Å². The Labute approximate surface area is 89.3 Å². The van der Waals surface area contributed by atoms with Crippen LogP contribution in [0.15, 0.2) is 0 Å². The van der Waals surface area contributed by atoms with E-state index in [0.29, 0.717) is 26.2 Å². The van der Waals surface area contributed by atoms with Gasteiger partial charge < -0.3 is 10.2 Å². The van der Waals surface area contributed by atoms with Gasteiger partial charge in [0.15, 0.2) is 0 Å². The minimum atomic E-state index is -3.28. The largest absolute Gasteiger partial charge is 0.336 e. The predicted octanol–water partition coefficient (Wildman–Crippen LogP) is -0.605. The van der Waals surface area contributed by atoms with Gasteiger partial charge in [-0.3, -0.25) is 0 Å². The summed E-state index contributed by atoms with van der Waals surface area (Å²) in [5, 5.41) is 2.59. The van der Waals surface area contributed by atoms with Gasteiger partial charge in [-0.05, 0) is 12.8 Å². The number of urea groups is 1. The van der Waals surface area contributed by atoms with E-state index in [1.807, 2.05) is 0 Å². The molecule has 1 N–H and O–H groups in total. The number of sulfonamides is 1. The Balaban J connectivity index is 2.00. The number of amides is 2. The molecule has 2 aliphatic rings. The summed E-state index contributed by atoms with van der Waals surface area (Å²) in [6.07, 6.45) is 1.84. The molecule has 0 atom stereocenters. The van der Waals surface area contributed by atoms with Crippen molar-refractivity contribution in [3.8, 4) is 0 Å². The Morgan fingerprint density at radius 2 is 1.87 bits per heavy atom. The van der Waals surface area contributed by atoms with Crippen molar-refractivity contribution < 1.29 is 13.2 Å². The molecule has 7 heteroatoms. The maximum Gasteiger partial charge on any atom is 0.318 e. The van der Waals surface area contributed by atoms with E-state index in [1.165, 1.54) is 9.21 Å². The highest BCUT2D eigenvalue weighted by atomic mass is 32.2. The van der Waals surface area contributed by atoms with Crippen LogP contribution in [0.4, 0.5) is 4.79 Å². The zero-order chi connectivity index (χ0) is 10.9. The summed E-state index contributed by atoms with van der Waals surface area (Å²) in [6.45, 7) is 2.20. The Morgan fingerprint density at radius 3 is 2.40 bits per heavy atom. The minimum Gasteiger partial charge on any atom is -0.336 e. The second-order valence-electron chi connectivity index (χ2n) is 3.84. The molecule has 2 aliphatic heterocycles. The molecule has 0 radical (unpaired) electrons. The van der Waals surface area contributed by atoms with Crippen molar-refractivity contribution in [3.63, 3.8) is 0 Å². The van der Waals surface area contributed by atoms with E-state index in [4.69, 9.17) is 0 Å². The van der Waals surface area contributed by atoms with Gasteiger partial charge in [0.05, 0.1) is 0 Å². The van der Waals surface area contributed by atoms with Crippen molar-refractivity contribution >= 4 is 16.1 Å². The van der Waals surface area contributed by atoms with Crippen LogP contribution in [0.1, 0.15) is 12.8 Å². The van der Waals surface area contributed by atoms with Crippen LogP contribution in [0.2, 0.25) is 0 Å². The minimum absolute atomic E-state index is 0.182. The number of hydrogen-bond donors (Lipinski definition) is 1. The molecule has 2 fully saturated rings. The molecule has 6 nitrogen and oxygen atoms in total. The molecule has 2 rings (SSSR count). The number of nitrogens with zero attached hydrogens (tertiary/aromatic N) is 2. The lowest BCUT2D eigenvalue weighted by atomic mass is 10.4. The average molecular weight is 233 g/mol. The normalized spacial score (nSPS) is 23.5. The topological polar surface area (TPSA) is 69.7 Å². The highest BCUT2D eigenvalue weighted by Crippen LogP contribution is 2.14. The first-order valence-electron chi connectivity index (χ1n) is 5.10. The highest BCUT2D eigenvalue weighted by molar-refractivity contribution is 7.89. The number of nitrogens with one attached hydrogen (secondary N) is 1. The van der Waals surface area contributed by atoms with Crippen molar-refractivity contribution in [2.75, 3.05) is 32.1 Å². The maximum atomic E-state index is 11.8. The maximum absolute atomic E-state index is 11.8. The van der Waals surface area contributed by atoms with Gasteiger partial charge in [0, 0.05) is 26.2 Å². The van der Waals surface area contributed by atoms with Gasteiger partial charge in [-0.2, -0.15) is 0 Å². The van der Waals surface area contributed by atoms with Crippen LogP contribution in [0.5, 0.6) is 0 Å². The molecule has 0 aromatic heterocycles. The summed E-state index contributed by atoms with van der Waals surface area (Å²) in [7, 11) is -3.28. The lowest BCUT2D eigenvalue weighted by molar-refractivity contribution is 0.222. The number of rotatable bonds is 3. The third kappa shape index (κ3) is 2.23. The van der Waals surface area contributed by atoms with Crippen LogP contribution in [-0.2, 0) is 10.0 Å². The van der Waals surface area contributed by atoms with Crippen LogP contribution in [0.3, 0.4) is 0 Å². The van der Waals surface area contributed by atoms with Crippen LogP contribution >= 0.6 is 0 Å². The average Bonchev–Trinajstić information content (AvgIpc) is 2.77. The monoisotopic (exact) mass is 233 g/mol. The fourth-order valence-corrected chi connectivity index (χ4v) is 3.50. The first-order chi connectivity index (χ1) is 7.09. The van der Waals surface area contributed by atoms with Crippen molar-refractivity contribution in [2.24, 2.45) is 0 Å². The summed E-state index contributed by atoms with van der Waals surface area (Å²) < 4.78 is 25.1. The van der Waals surface area contributed by atoms with E-state index in [1.54, 1.807) is 0 Å². The zero-order valence-electron chi connectivity index (χ0n) is 8.48. The predicted molar refractivity (Wildman–Crippen MR) is 54.7 cm³/mol. The van der Waals surface area contributed by atoms with E-state index < -0.39 is 10.0 Å². The van der Waals surface area contributed by atoms with E-state index in [-0.39, 0.29) is 11.9 Å². The second-order valence-corrected chi connectivity index (χ2v) is 5.78. The Bertz CT molecular complexity index is 348. The van der Waals surface area contributed by atoms with E-state index in [2.05, 4.69) is 5.32 Å². The van der Waals surface area contributed by atoms with Gasteiger partial charge in [-0.1, -0.05) is 0 Å². The third-order valence-electron chi connectivity index (χ3n) is 2.72. The van der Waals surface area contributed by atoms with Gasteiger partial charge >= 0.3 is 6.03 Å². The molecule has 0 aromatic rings. The molecular formula is C8H15N3O3S. The van der Waals surface area contributed by atoms with Crippen molar-refractivity contribution in [3.05, 3.63) is 0 Å². The Morgan fingerprint density at radius 1 is 1.20 bits per heavy atom. The molecular weight excluding hydrogens is 218 g/mol. The standard InChI is InChI=1S/C8H15N3O3S/c12-8-9-3-6-10(8)7-15(13,14)11-4-1-2-5-11/h1-7H2,(H,9,12). The molecule has 86 valence electrons. The molecule has 0 aromatic carbocycles. The Hall–Kier alpha value is -0.820. The molecule has 0 saturated carbocycles. The molecule has 0 spiro atoms. The summed E-state index contributed by atoms with van der Waals surface area (Å²) in [5.74, 6) is -0.182. The Kier molecular flexibility index (Phi) is 2.83. The van der Waals surface area contributed by atoms with E-state index in [0.717, 1.165) is 12.8 Å². The molecule has 0 bridgehead atoms. The summed E-state index contributed by atoms with van der Waals surface area (Å²) >= 11 is 0. The highest BCUT2D eigenvalue weighted by Gasteiger charge is 2.30. The fraction of sp³-hybridized carbons (Fsp3) is 0.875. The SMILES string of the molecule is O=C1NCCN1CS(=O)(=O)N1CCCC1. The molecule has 2 saturated heterocycles. The lowest BCUT2D eigenvalue weighted by Gasteiger charge is -2.20. The van der Waals surface area contributed by atoms with Crippen molar-refractivity contribution in [1.82, 2.24) is 14.5 Å². The second kappa shape index (κ2) is 3.97. The molecule has 15 heavy (non-hydrogen) atoms. The van der Waals surface area contributed by atoms with Crippen LogP contribution in [-0.4, -0.2) is 55.7 Å². The van der Waals surface area contributed by atoms with Gasteiger partial charge in [-0.15, -0.1) is 0 Å². The summed E-state index contributed by atoms with van der Waals surface area (Å²) in [6, 6.07) is -0.280. The van der Waals surface area contributed by atoms with Crippen LogP contribution < -0.4 is 5.32 Å². The lowest BCUT2D eigenvalue weighted by Crippen LogP contribution is -2.40. The summed E-state index contributed by atoms with van der Waals surface area (Å²) in [4.78, 5) is 12.5. The number of carbonyl (C=O) groups is 1. The van der Waals surface area contributed by atoms with E-state index in [9.17, 15) is 13.2 Å². The molecule has 2 amide bonds.